The van der Waals surface area contributed by atoms with Gasteiger partial charge in [-0.1, -0.05) is 12.1 Å². The van der Waals surface area contributed by atoms with E-state index >= 15 is 0 Å². The third-order valence-electron chi connectivity index (χ3n) is 5.93. The molecule has 0 saturated carbocycles. The van der Waals surface area contributed by atoms with Crippen molar-refractivity contribution in [3.05, 3.63) is 57.8 Å². The maximum absolute atomic E-state index is 13.0. The van der Waals surface area contributed by atoms with Gasteiger partial charge >= 0.3 is 0 Å². The molecule has 1 saturated heterocycles. The van der Waals surface area contributed by atoms with Gasteiger partial charge in [-0.3, -0.25) is 4.79 Å². The van der Waals surface area contributed by atoms with E-state index in [2.05, 4.69) is 52.8 Å². The largest absolute Gasteiger partial charge is 0.495 e. The fraction of sp³-hybridized carbons (Fsp3) is 0.292. The van der Waals surface area contributed by atoms with E-state index in [1.807, 2.05) is 11.9 Å². The first-order valence-corrected chi connectivity index (χ1v) is 14.0. The number of nitrogens with one attached hydrogen (secondary N) is 3. The molecule has 0 radical (unpaired) electrons. The third kappa shape index (κ3) is 6.29. The summed E-state index contributed by atoms with van der Waals surface area (Å²) in [6, 6.07) is 11.8. The van der Waals surface area contributed by atoms with E-state index in [-0.39, 0.29) is 16.8 Å². The molecule has 196 valence electrons. The highest BCUT2D eigenvalue weighted by Crippen LogP contribution is 2.30. The maximum Gasteiger partial charge on any atom is 0.254 e. The highest BCUT2D eigenvalue weighted by atomic mass is 127. The van der Waals surface area contributed by atoms with E-state index < -0.39 is 10.0 Å². The topological polar surface area (TPSA) is 129 Å². The molecule has 37 heavy (non-hydrogen) atoms. The molecule has 4 rings (SSSR count). The van der Waals surface area contributed by atoms with Crippen molar-refractivity contribution in [3.8, 4) is 5.75 Å². The van der Waals surface area contributed by atoms with Gasteiger partial charge < -0.3 is 25.2 Å². The van der Waals surface area contributed by atoms with Crippen LogP contribution < -0.4 is 20.1 Å². The van der Waals surface area contributed by atoms with Crippen molar-refractivity contribution in [3.63, 3.8) is 0 Å². The van der Waals surface area contributed by atoms with Crippen molar-refractivity contribution >= 4 is 61.7 Å². The lowest BCUT2D eigenvalue weighted by Crippen LogP contribution is -2.47. The molecular weight excluding hydrogens is 609 g/mol. The van der Waals surface area contributed by atoms with Crippen LogP contribution in [0.4, 0.5) is 23.1 Å². The molecule has 0 aliphatic carbocycles. The quantitative estimate of drug-likeness (QED) is 0.320. The third-order valence-corrected chi connectivity index (χ3v) is 8.19. The Labute approximate surface area is 229 Å². The SMILES string of the molecule is CNS(=O)(=O)c1ccccc1Nc1nc(Nc2ccc(C(=O)N3CCN(C)CC3)cc2OC)ncc1I. The predicted octanol–water partition coefficient (Wildman–Crippen LogP) is 2.87. The zero-order valence-electron chi connectivity index (χ0n) is 20.7. The summed E-state index contributed by atoms with van der Waals surface area (Å²) in [7, 11) is 1.26. The highest BCUT2D eigenvalue weighted by Gasteiger charge is 2.22. The summed E-state index contributed by atoms with van der Waals surface area (Å²) in [5, 5.41) is 6.23. The fourth-order valence-corrected chi connectivity index (χ4v) is 5.08. The number of para-hydroxylation sites is 1. The number of carbonyl (C=O) groups is 1. The molecule has 0 bridgehead atoms. The van der Waals surface area contributed by atoms with Crippen LogP contribution in [0.1, 0.15) is 10.4 Å². The normalized spacial score (nSPS) is 14.3. The molecule has 11 nitrogen and oxygen atoms in total. The van der Waals surface area contributed by atoms with Crippen LogP contribution in [0.25, 0.3) is 0 Å². The zero-order valence-corrected chi connectivity index (χ0v) is 23.6. The number of benzene rings is 2. The van der Waals surface area contributed by atoms with Crippen molar-refractivity contribution in [2.24, 2.45) is 0 Å². The Bertz CT molecular complexity index is 1400. The first kappa shape index (κ1) is 27.0. The number of piperazine rings is 1. The standard InChI is InChI=1S/C24H28IN7O4S/c1-26-37(34,35)21-7-5-4-6-19(21)28-22-17(25)15-27-24(30-22)29-18-9-8-16(14-20(18)36-3)23(33)32-12-10-31(2)11-13-32/h4-9,14-15,26H,10-13H2,1-3H3,(H2,27,28,29,30). The lowest BCUT2D eigenvalue weighted by atomic mass is 10.1. The Morgan fingerprint density at radius 2 is 1.78 bits per heavy atom. The van der Waals surface area contributed by atoms with Gasteiger partial charge in [0.05, 0.1) is 22.1 Å². The molecule has 1 amide bonds. The molecule has 1 aromatic heterocycles. The van der Waals surface area contributed by atoms with E-state index in [1.54, 1.807) is 42.6 Å². The van der Waals surface area contributed by atoms with Gasteiger partial charge in [0.25, 0.3) is 5.91 Å². The molecule has 3 N–H and O–H groups in total. The van der Waals surface area contributed by atoms with Crippen molar-refractivity contribution < 1.29 is 17.9 Å². The van der Waals surface area contributed by atoms with E-state index in [0.29, 0.717) is 45.2 Å². The number of methoxy groups -OCH3 is 1. The Kier molecular flexibility index (Phi) is 8.46. The zero-order chi connectivity index (χ0) is 26.6. The van der Waals surface area contributed by atoms with Crippen LogP contribution in [0.3, 0.4) is 0 Å². The first-order valence-electron chi connectivity index (χ1n) is 11.5. The minimum absolute atomic E-state index is 0.0369. The molecule has 1 aliphatic rings. The van der Waals surface area contributed by atoms with E-state index in [4.69, 9.17) is 4.74 Å². The summed E-state index contributed by atoms with van der Waals surface area (Å²) in [6.07, 6.45) is 1.62. The van der Waals surface area contributed by atoms with E-state index in [9.17, 15) is 13.2 Å². The summed E-state index contributed by atoms with van der Waals surface area (Å²) in [4.78, 5) is 26.0. The molecule has 3 aromatic rings. The van der Waals surface area contributed by atoms with Gasteiger partial charge in [-0.2, -0.15) is 4.98 Å². The van der Waals surface area contributed by atoms with Crippen LogP contribution in [-0.2, 0) is 10.0 Å². The van der Waals surface area contributed by atoms with Crippen LogP contribution in [0, 0.1) is 3.57 Å². The number of hydrogen-bond acceptors (Lipinski definition) is 9. The monoisotopic (exact) mass is 637 g/mol. The molecule has 1 aliphatic heterocycles. The second-order valence-electron chi connectivity index (χ2n) is 8.35. The average Bonchev–Trinajstić information content (AvgIpc) is 2.91. The number of anilines is 4. The van der Waals surface area contributed by atoms with Crippen LogP contribution in [0.15, 0.2) is 53.6 Å². The van der Waals surface area contributed by atoms with Gasteiger partial charge in [0.2, 0.25) is 16.0 Å². The van der Waals surface area contributed by atoms with Crippen molar-refractivity contribution in [2.45, 2.75) is 4.90 Å². The lowest BCUT2D eigenvalue weighted by molar-refractivity contribution is 0.0664. The molecule has 2 aromatic carbocycles. The second kappa shape index (κ2) is 11.6. The van der Waals surface area contributed by atoms with Crippen LogP contribution in [0.5, 0.6) is 5.75 Å². The number of amides is 1. The average molecular weight is 638 g/mol. The Hall–Kier alpha value is -3.01. The maximum atomic E-state index is 13.0. The Balaban J connectivity index is 1.56. The summed E-state index contributed by atoms with van der Waals surface area (Å²) in [5.41, 5.74) is 1.51. The highest BCUT2D eigenvalue weighted by molar-refractivity contribution is 14.1. The number of halogens is 1. The Morgan fingerprint density at radius 1 is 1.05 bits per heavy atom. The van der Waals surface area contributed by atoms with Crippen molar-refractivity contribution in [2.75, 3.05) is 58.0 Å². The number of carbonyl (C=O) groups excluding carboxylic acids is 1. The molecule has 2 heterocycles. The van der Waals surface area contributed by atoms with E-state index in [1.165, 1.54) is 20.2 Å². The van der Waals surface area contributed by atoms with Gasteiger partial charge in [-0.05, 0) is 67.0 Å². The summed E-state index contributed by atoms with van der Waals surface area (Å²) in [5.74, 6) is 1.14. The van der Waals surface area contributed by atoms with Crippen LogP contribution in [0.2, 0.25) is 0 Å². The smallest absolute Gasteiger partial charge is 0.254 e. The van der Waals surface area contributed by atoms with E-state index in [0.717, 1.165) is 13.1 Å². The number of ether oxygens (including phenoxy) is 1. The number of nitrogens with zero attached hydrogens (tertiary/aromatic N) is 4. The number of rotatable bonds is 8. The molecule has 1 fully saturated rings. The molecule has 13 heteroatoms. The van der Waals surface area contributed by atoms with Crippen LogP contribution in [-0.4, -0.2) is 81.5 Å². The van der Waals surface area contributed by atoms with Gasteiger partial charge in [-0.25, -0.2) is 18.1 Å². The predicted molar refractivity (Wildman–Crippen MR) is 150 cm³/mol. The molecule has 0 atom stereocenters. The lowest BCUT2D eigenvalue weighted by Gasteiger charge is -2.32. The summed E-state index contributed by atoms with van der Waals surface area (Å²) < 4.78 is 33.4. The van der Waals surface area contributed by atoms with Crippen LogP contribution >= 0.6 is 22.6 Å². The second-order valence-corrected chi connectivity index (χ2v) is 11.4. The van der Waals surface area contributed by atoms with Crippen molar-refractivity contribution in [1.29, 1.82) is 0 Å². The van der Waals surface area contributed by atoms with Gasteiger partial charge in [0.15, 0.2) is 0 Å². The number of likely N-dealkylation sites (N-methyl/N-ethyl adjacent to an activating group) is 1. The van der Waals surface area contributed by atoms with Gasteiger partial charge in [-0.15, -0.1) is 0 Å². The number of aromatic nitrogens is 2. The molecule has 0 spiro atoms. The molecule has 0 unspecified atom stereocenters. The molecular formula is C24H28IN7O4S. The number of sulfonamides is 1. The minimum Gasteiger partial charge on any atom is -0.495 e. The minimum atomic E-state index is -3.68. The van der Waals surface area contributed by atoms with Gasteiger partial charge in [0.1, 0.15) is 16.5 Å². The summed E-state index contributed by atoms with van der Waals surface area (Å²) in [6.45, 7) is 3.05. The summed E-state index contributed by atoms with van der Waals surface area (Å²) >= 11 is 2.07. The first-order chi connectivity index (χ1) is 17.7. The fourth-order valence-electron chi connectivity index (χ4n) is 3.80. The van der Waals surface area contributed by atoms with Gasteiger partial charge in [0, 0.05) is 37.9 Å². The Morgan fingerprint density at radius 3 is 2.49 bits per heavy atom. The van der Waals surface area contributed by atoms with Crippen molar-refractivity contribution in [1.82, 2.24) is 24.5 Å². The number of hydrogen-bond donors (Lipinski definition) is 3.